The van der Waals surface area contributed by atoms with Crippen LogP contribution < -0.4 is 5.32 Å². The van der Waals surface area contributed by atoms with Gasteiger partial charge in [0, 0.05) is 15.8 Å². The predicted octanol–water partition coefficient (Wildman–Crippen LogP) is 3.41. The van der Waals surface area contributed by atoms with Crippen LogP contribution in [0.15, 0.2) is 30.3 Å². The highest BCUT2D eigenvalue weighted by atomic mass is 32.1. The molecule has 0 saturated carbocycles. The number of aryl methyl sites for hydroxylation is 2. The van der Waals surface area contributed by atoms with Crippen LogP contribution in [0.25, 0.3) is 10.9 Å². The summed E-state index contributed by atoms with van der Waals surface area (Å²) in [7, 11) is 0. The standard InChI is InChI=1S/C16H17N3OS/c1-10-15(18-11(2)21-10)8-17-16-13(9-20)7-12-5-3-4-6-14(12)19-16/h3-7,20H,8-9H2,1-2H3,(H,17,19). The van der Waals surface area contributed by atoms with E-state index in [1.54, 1.807) is 11.3 Å². The van der Waals surface area contributed by atoms with Gasteiger partial charge in [0.05, 0.1) is 29.4 Å². The summed E-state index contributed by atoms with van der Waals surface area (Å²) in [4.78, 5) is 10.3. The third kappa shape index (κ3) is 2.89. The van der Waals surface area contributed by atoms with Crippen LogP contribution >= 0.6 is 11.3 Å². The van der Waals surface area contributed by atoms with Crippen LogP contribution in [-0.4, -0.2) is 15.1 Å². The van der Waals surface area contributed by atoms with Crippen molar-refractivity contribution in [3.05, 3.63) is 51.5 Å². The molecule has 0 unspecified atom stereocenters. The molecule has 2 aromatic heterocycles. The van der Waals surface area contributed by atoms with E-state index in [0.29, 0.717) is 6.54 Å². The molecule has 3 aromatic rings. The molecule has 0 aliphatic heterocycles. The number of nitrogens with zero attached hydrogens (tertiary/aromatic N) is 2. The lowest BCUT2D eigenvalue weighted by Gasteiger charge is -2.10. The number of aromatic nitrogens is 2. The van der Waals surface area contributed by atoms with E-state index in [-0.39, 0.29) is 6.61 Å². The number of hydrogen-bond donors (Lipinski definition) is 2. The molecule has 0 fully saturated rings. The number of para-hydroxylation sites is 1. The van der Waals surface area contributed by atoms with Gasteiger partial charge in [-0.2, -0.15) is 0 Å². The lowest BCUT2D eigenvalue weighted by atomic mass is 10.1. The molecule has 2 N–H and O–H groups in total. The van der Waals surface area contributed by atoms with Gasteiger partial charge in [0.1, 0.15) is 5.82 Å². The number of nitrogens with one attached hydrogen (secondary N) is 1. The minimum Gasteiger partial charge on any atom is -0.392 e. The third-order valence-corrected chi connectivity index (χ3v) is 4.32. The van der Waals surface area contributed by atoms with Crippen LogP contribution in [0.5, 0.6) is 0 Å². The lowest BCUT2D eigenvalue weighted by molar-refractivity contribution is 0.282. The maximum Gasteiger partial charge on any atom is 0.132 e. The van der Waals surface area contributed by atoms with Gasteiger partial charge in [-0.15, -0.1) is 11.3 Å². The van der Waals surface area contributed by atoms with E-state index in [0.717, 1.165) is 33.0 Å². The molecule has 1 aromatic carbocycles. The molecule has 0 bridgehead atoms. The average molecular weight is 299 g/mol. The highest BCUT2D eigenvalue weighted by Crippen LogP contribution is 2.22. The van der Waals surface area contributed by atoms with E-state index >= 15 is 0 Å². The number of pyridine rings is 1. The Morgan fingerprint density at radius 3 is 2.71 bits per heavy atom. The average Bonchev–Trinajstić information content (AvgIpc) is 2.82. The summed E-state index contributed by atoms with van der Waals surface area (Å²) in [5.41, 5.74) is 2.76. The second-order valence-corrected chi connectivity index (χ2v) is 6.34. The summed E-state index contributed by atoms with van der Waals surface area (Å²) in [5, 5.41) is 14.9. The monoisotopic (exact) mass is 299 g/mol. The van der Waals surface area contributed by atoms with E-state index in [4.69, 9.17) is 0 Å². The van der Waals surface area contributed by atoms with Gasteiger partial charge in [-0.1, -0.05) is 18.2 Å². The van der Waals surface area contributed by atoms with Crippen molar-refractivity contribution in [2.75, 3.05) is 5.32 Å². The maximum absolute atomic E-state index is 9.54. The van der Waals surface area contributed by atoms with Crippen molar-refractivity contribution in [1.82, 2.24) is 9.97 Å². The van der Waals surface area contributed by atoms with E-state index in [1.165, 1.54) is 4.88 Å². The molecule has 4 nitrogen and oxygen atoms in total. The molecule has 3 rings (SSSR count). The Kier molecular flexibility index (Phi) is 3.86. The van der Waals surface area contributed by atoms with Gasteiger partial charge in [0.15, 0.2) is 0 Å². The molecule has 5 heteroatoms. The Hall–Kier alpha value is -1.98. The Labute approximate surface area is 127 Å². The minimum atomic E-state index is -0.0325. The lowest BCUT2D eigenvalue weighted by Crippen LogP contribution is -2.06. The summed E-state index contributed by atoms with van der Waals surface area (Å²) in [6.45, 7) is 4.67. The van der Waals surface area contributed by atoms with Crippen molar-refractivity contribution in [3.8, 4) is 0 Å². The molecule has 108 valence electrons. The zero-order valence-electron chi connectivity index (χ0n) is 12.1. The first-order chi connectivity index (χ1) is 10.2. The topological polar surface area (TPSA) is 58.0 Å². The van der Waals surface area contributed by atoms with Gasteiger partial charge in [-0.3, -0.25) is 0 Å². The quantitative estimate of drug-likeness (QED) is 0.775. The summed E-state index contributed by atoms with van der Waals surface area (Å²) in [5.74, 6) is 0.723. The molecule has 0 atom stereocenters. The fourth-order valence-corrected chi connectivity index (χ4v) is 3.17. The van der Waals surface area contributed by atoms with Crippen LogP contribution in [0, 0.1) is 13.8 Å². The first-order valence-corrected chi connectivity index (χ1v) is 7.65. The van der Waals surface area contributed by atoms with Crippen LogP contribution in [-0.2, 0) is 13.2 Å². The van der Waals surface area contributed by atoms with Gasteiger partial charge in [0.25, 0.3) is 0 Å². The molecular formula is C16H17N3OS. The van der Waals surface area contributed by atoms with Gasteiger partial charge in [0.2, 0.25) is 0 Å². The van der Waals surface area contributed by atoms with Crippen molar-refractivity contribution in [2.45, 2.75) is 27.0 Å². The summed E-state index contributed by atoms with van der Waals surface area (Å²) in [6.07, 6.45) is 0. The molecule has 0 aliphatic rings. The molecule has 0 amide bonds. The van der Waals surface area contributed by atoms with Crippen LogP contribution in [0.3, 0.4) is 0 Å². The van der Waals surface area contributed by atoms with Gasteiger partial charge in [-0.25, -0.2) is 9.97 Å². The molecule has 0 saturated heterocycles. The number of thiazole rings is 1. The Bertz CT molecular complexity index is 782. The normalized spacial score (nSPS) is 11.0. The Morgan fingerprint density at radius 2 is 2.00 bits per heavy atom. The Balaban J connectivity index is 1.90. The second kappa shape index (κ2) is 5.79. The zero-order chi connectivity index (χ0) is 14.8. The fraction of sp³-hybridized carbons (Fsp3) is 0.250. The van der Waals surface area contributed by atoms with Crippen LogP contribution in [0.1, 0.15) is 21.1 Å². The van der Waals surface area contributed by atoms with E-state index in [2.05, 4.69) is 22.2 Å². The number of aliphatic hydroxyl groups is 1. The number of rotatable bonds is 4. The largest absolute Gasteiger partial charge is 0.392 e. The van der Waals surface area contributed by atoms with Crippen molar-refractivity contribution in [2.24, 2.45) is 0 Å². The number of anilines is 1. The molecule has 0 aliphatic carbocycles. The molecular weight excluding hydrogens is 282 g/mol. The molecule has 2 heterocycles. The number of aliphatic hydroxyl groups excluding tert-OH is 1. The van der Waals surface area contributed by atoms with Gasteiger partial charge >= 0.3 is 0 Å². The second-order valence-electron chi connectivity index (χ2n) is 4.94. The fourth-order valence-electron chi connectivity index (χ4n) is 2.34. The summed E-state index contributed by atoms with van der Waals surface area (Å²) < 4.78 is 0. The van der Waals surface area contributed by atoms with Crippen molar-refractivity contribution < 1.29 is 5.11 Å². The Morgan fingerprint density at radius 1 is 1.19 bits per heavy atom. The highest BCUT2D eigenvalue weighted by molar-refractivity contribution is 7.11. The molecule has 0 spiro atoms. The minimum absolute atomic E-state index is 0.0325. The van der Waals surface area contributed by atoms with Crippen molar-refractivity contribution in [1.29, 1.82) is 0 Å². The van der Waals surface area contributed by atoms with E-state index < -0.39 is 0 Å². The molecule has 21 heavy (non-hydrogen) atoms. The number of hydrogen-bond acceptors (Lipinski definition) is 5. The van der Waals surface area contributed by atoms with Crippen molar-refractivity contribution in [3.63, 3.8) is 0 Å². The first kappa shape index (κ1) is 14.0. The smallest absolute Gasteiger partial charge is 0.132 e. The van der Waals surface area contributed by atoms with Crippen LogP contribution in [0.2, 0.25) is 0 Å². The third-order valence-electron chi connectivity index (χ3n) is 3.40. The summed E-state index contributed by atoms with van der Waals surface area (Å²) in [6, 6.07) is 9.88. The van der Waals surface area contributed by atoms with Gasteiger partial charge in [-0.05, 0) is 26.0 Å². The first-order valence-electron chi connectivity index (χ1n) is 6.83. The van der Waals surface area contributed by atoms with E-state index in [1.807, 2.05) is 37.3 Å². The number of benzene rings is 1. The maximum atomic E-state index is 9.54. The van der Waals surface area contributed by atoms with Gasteiger partial charge < -0.3 is 10.4 Å². The predicted molar refractivity (Wildman–Crippen MR) is 86.6 cm³/mol. The zero-order valence-corrected chi connectivity index (χ0v) is 12.9. The van der Waals surface area contributed by atoms with Crippen LogP contribution in [0.4, 0.5) is 5.82 Å². The SMILES string of the molecule is Cc1nc(CNc2nc3ccccc3cc2CO)c(C)s1. The summed E-state index contributed by atoms with van der Waals surface area (Å²) >= 11 is 1.70. The molecule has 0 radical (unpaired) electrons. The van der Waals surface area contributed by atoms with Crippen molar-refractivity contribution >= 4 is 28.1 Å². The number of fused-ring (bicyclic) bond motifs is 1. The van der Waals surface area contributed by atoms with E-state index in [9.17, 15) is 5.11 Å². The highest BCUT2D eigenvalue weighted by Gasteiger charge is 2.09.